The molecule has 0 spiro atoms. The number of hydrogen-bond acceptors (Lipinski definition) is 2. The molecule has 20 heavy (non-hydrogen) atoms. The highest BCUT2D eigenvalue weighted by molar-refractivity contribution is 5.27. The molecule has 2 heteroatoms. The van der Waals surface area contributed by atoms with Gasteiger partial charge in [-0.05, 0) is 62.9 Å². The Hall–Kier alpha value is -1.02. The number of phenols is 1. The van der Waals surface area contributed by atoms with Crippen molar-refractivity contribution >= 4 is 0 Å². The van der Waals surface area contributed by atoms with Crippen molar-refractivity contribution in [2.75, 3.05) is 13.1 Å². The molecule has 0 bridgehead atoms. The highest BCUT2D eigenvalue weighted by Gasteiger charge is 2.38. The fourth-order valence-corrected chi connectivity index (χ4v) is 4.18. The first-order valence-corrected chi connectivity index (χ1v) is 8.32. The molecule has 0 amide bonds. The molecule has 3 rings (SSSR count). The van der Waals surface area contributed by atoms with Crippen LogP contribution >= 0.6 is 0 Å². The number of piperidine rings is 1. The second-order valence-corrected chi connectivity index (χ2v) is 6.68. The first kappa shape index (κ1) is 13.9. The first-order valence-electron chi connectivity index (χ1n) is 8.32. The van der Waals surface area contributed by atoms with Gasteiger partial charge in [0.15, 0.2) is 0 Å². The molecule has 1 aliphatic heterocycles. The van der Waals surface area contributed by atoms with Crippen molar-refractivity contribution < 1.29 is 5.11 Å². The molecule has 1 saturated heterocycles. The molecule has 110 valence electrons. The standard InChI is InChI=1S/C18H27NO/c20-17-9-7-16(8-10-17)15-18(11-3-1-4-12-18)19-13-5-2-6-14-19/h7-10,20H,1-6,11-15H2. The van der Waals surface area contributed by atoms with Gasteiger partial charge < -0.3 is 5.11 Å². The molecule has 0 atom stereocenters. The number of phenolic OH excluding ortho intramolecular Hbond substituents is 1. The Labute approximate surface area is 122 Å². The Kier molecular flexibility index (Phi) is 4.30. The molecule has 1 saturated carbocycles. The Morgan fingerprint density at radius 2 is 1.45 bits per heavy atom. The SMILES string of the molecule is Oc1ccc(CC2(N3CCCCC3)CCCCC2)cc1. The maximum atomic E-state index is 9.47. The highest BCUT2D eigenvalue weighted by Crippen LogP contribution is 2.38. The average Bonchev–Trinajstić information content (AvgIpc) is 2.52. The van der Waals surface area contributed by atoms with E-state index in [4.69, 9.17) is 0 Å². The lowest BCUT2D eigenvalue weighted by Crippen LogP contribution is -2.53. The van der Waals surface area contributed by atoms with Gasteiger partial charge in [-0.15, -0.1) is 0 Å². The largest absolute Gasteiger partial charge is 0.508 e. The second-order valence-electron chi connectivity index (χ2n) is 6.68. The summed E-state index contributed by atoms with van der Waals surface area (Å²) < 4.78 is 0. The van der Waals surface area contributed by atoms with Crippen LogP contribution in [0.15, 0.2) is 24.3 Å². The van der Waals surface area contributed by atoms with E-state index >= 15 is 0 Å². The number of benzene rings is 1. The van der Waals surface area contributed by atoms with Crippen LogP contribution in [0.5, 0.6) is 5.75 Å². The summed E-state index contributed by atoms with van der Waals surface area (Å²) in [5.74, 6) is 0.379. The van der Waals surface area contributed by atoms with Crippen molar-refractivity contribution in [1.29, 1.82) is 0 Å². The van der Waals surface area contributed by atoms with E-state index in [0.717, 1.165) is 6.42 Å². The van der Waals surface area contributed by atoms with Crippen LogP contribution in [0, 0.1) is 0 Å². The molecule has 1 heterocycles. The lowest BCUT2D eigenvalue weighted by Gasteiger charge is -2.48. The minimum Gasteiger partial charge on any atom is -0.508 e. The summed E-state index contributed by atoms with van der Waals surface area (Å²) in [6.07, 6.45) is 12.2. The van der Waals surface area contributed by atoms with Crippen LogP contribution in [-0.4, -0.2) is 28.6 Å². The predicted molar refractivity (Wildman–Crippen MR) is 83.1 cm³/mol. The summed E-state index contributed by atoms with van der Waals surface area (Å²) in [7, 11) is 0. The molecule has 2 fully saturated rings. The number of likely N-dealkylation sites (tertiary alicyclic amines) is 1. The molecule has 1 aromatic carbocycles. The zero-order valence-electron chi connectivity index (χ0n) is 12.5. The van der Waals surface area contributed by atoms with Crippen LogP contribution in [0.2, 0.25) is 0 Å². The minimum atomic E-state index is 0.379. The van der Waals surface area contributed by atoms with Gasteiger partial charge in [0.2, 0.25) is 0 Å². The van der Waals surface area contributed by atoms with E-state index < -0.39 is 0 Å². The van der Waals surface area contributed by atoms with Gasteiger partial charge in [0, 0.05) is 5.54 Å². The second kappa shape index (κ2) is 6.17. The molecule has 0 aromatic heterocycles. The predicted octanol–water partition coefficient (Wildman–Crippen LogP) is 4.12. The quantitative estimate of drug-likeness (QED) is 0.895. The van der Waals surface area contributed by atoms with E-state index in [1.165, 1.54) is 70.0 Å². The maximum absolute atomic E-state index is 9.47. The summed E-state index contributed by atoms with van der Waals surface area (Å²) in [5, 5.41) is 9.47. The number of hydrogen-bond donors (Lipinski definition) is 1. The van der Waals surface area contributed by atoms with Crippen LogP contribution in [0.1, 0.15) is 56.9 Å². The third kappa shape index (κ3) is 3.01. The summed E-state index contributed by atoms with van der Waals surface area (Å²) in [5.41, 5.74) is 1.78. The molecule has 0 radical (unpaired) electrons. The van der Waals surface area contributed by atoms with E-state index in [1.54, 1.807) is 0 Å². The summed E-state index contributed by atoms with van der Waals surface area (Å²) in [4.78, 5) is 2.79. The van der Waals surface area contributed by atoms with E-state index in [9.17, 15) is 5.11 Å². The Bertz CT molecular complexity index is 414. The maximum Gasteiger partial charge on any atom is 0.115 e. The van der Waals surface area contributed by atoms with Crippen molar-refractivity contribution in [2.45, 2.75) is 63.3 Å². The average molecular weight is 273 g/mol. The van der Waals surface area contributed by atoms with Crippen LogP contribution in [0.4, 0.5) is 0 Å². The van der Waals surface area contributed by atoms with Crippen molar-refractivity contribution in [3.8, 4) is 5.75 Å². The van der Waals surface area contributed by atoms with Crippen molar-refractivity contribution in [2.24, 2.45) is 0 Å². The van der Waals surface area contributed by atoms with Gasteiger partial charge >= 0.3 is 0 Å². The lowest BCUT2D eigenvalue weighted by molar-refractivity contribution is 0.0335. The van der Waals surface area contributed by atoms with Crippen molar-refractivity contribution in [3.63, 3.8) is 0 Å². The van der Waals surface area contributed by atoms with Gasteiger partial charge in [-0.3, -0.25) is 4.90 Å². The van der Waals surface area contributed by atoms with Gasteiger partial charge in [-0.2, -0.15) is 0 Å². The third-order valence-electron chi connectivity index (χ3n) is 5.28. The van der Waals surface area contributed by atoms with Crippen molar-refractivity contribution in [1.82, 2.24) is 4.90 Å². The van der Waals surface area contributed by atoms with Gasteiger partial charge in [-0.25, -0.2) is 0 Å². The lowest BCUT2D eigenvalue weighted by atomic mass is 9.75. The van der Waals surface area contributed by atoms with E-state index in [1.807, 2.05) is 12.1 Å². The highest BCUT2D eigenvalue weighted by atomic mass is 16.3. The molecular weight excluding hydrogens is 246 g/mol. The Balaban J connectivity index is 1.79. The van der Waals surface area contributed by atoms with E-state index in [0.29, 0.717) is 11.3 Å². The van der Waals surface area contributed by atoms with E-state index in [2.05, 4.69) is 17.0 Å². The smallest absolute Gasteiger partial charge is 0.115 e. The summed E-state index contributed by atoms with van der Waals surface area (Å²) >= 11 is 0. The van der Waals surface area contributed by atoms with Crippen LogP contribution in [0.25, 0.3) is 0 Å². The van der Waals surface area contributed by atoms with E-state index in [-0.39, 0.29) is 0 Å². The van der Waals surface area contributed by atoms with Gasteiger partial charge in [0.25, 0.3) is 0 Å². The number of aromatic hydroxyl groups is 1. The molecule has 1 aromatic rings. The zero-order valence-corrected chi connectivity index (χ0v) is 12.5. The fourth-order valence-electron chi connectivity index (χ4n) is 4.18. The van der Waals surface area contributed by atoms with Crippen LogP contribution < -0.4 is 0 Å². The molecule has 0 unspecified atom stereocenters. The summed E-state index contributed by atoms with van der Waals surface area (Å²) in [6.45, 7) is 2.58. The van der Waals surface area contributed by atoms with Crippen LogP contribution in [-0.2, 0) is 6.42 Å². The Morgan fingerprint density at radius 1 is 0.850 bits per heavy atom. The molecule has 1 N–H and O–H groups in total. The summed E-state index contributed by atoms with van der Waals surface area (Å²) in [6, 6.07) is 7.88. The topological polar surface area (TPSA) is 23.5 Å². The molecule has 2 aliphatic rings. The van der Waals surface area contributed by atoms with Gasteiger partial charge in [0.1, 0.15) is 5.75 Å². The van der Waals surface area contributed by atoms with Crippen molar-refractivity contribution in [3.05, 3.63) is 29.8 Å². The molecular formula is C18H27NO. The number of rotatable bonds is 3. The molecule has 1 aliphatic carbocycles. The number of nitrogens with zero attached hydrogens (tertiary/aromatic N) is 1. The third-order valence-corrected chi connectivity index (χ3v) is 5.28. The van der Waals surface area contributed by atoms with Gasteiger partial charge in [0.05, 0.1) is 0 Å². The Morgan fingerprint density at radius 3 is 2.10 bits per heavy atom. The van der Waals surface area contributed by atoms with Crippen LogP contribution in [0.3, 0.4) is 0 Å². The monoisotopic (exact) mass is 273 g/mol. The molecule has 2 nitrogen and oxygen atoms in total. The zero-order chi connectivity index (χ0) is 13.8. The minimum absolute atomic E-state index is 0.379. The normalized spacial score (nSPS) is 23.6. The van der Waals surface area contributed by atoms with Gasteiger partial charge in [-0.1, -0.05) is 37.8 Å². The first-order chi connectivity index (χ1) is 9.78. The fraction of sp³-hybridized carbons (Fsp3) is 0.667.